The van der Waals surface area contributed by atoms with Crippen LogP contribution in [-0.4, -0.2) is 26.5 Å². The second kappa shape index (κ2) is 8.06. The maximum absolute atomic E-state index is 12.6. The minimum Gasteiger partial charge on any atom is -0.325 e. The molecule has 27 heavy (non-hydrogen) atoms. The summed E-state index contributed by atoms with van der Waals surface area (Å²) in [5.74, 6) is -0.220. The number of benzene rings is 1. The third-order valence-corrected chi connectivity index (χ3v) is 6.04. The molecular formula is C19H19N3O3S2. The van der Waals surface area contributed by atoms with Gasteiger partial charge in [0.15, 0.2) is 10.9 Å². The third-order valence-electron chi connectivity index (χ3n) is 4.06. The highest BCUT2D eigenvalue weighted by Gasteiger charge is 2.19. The van der Waals surface area contributed by atoms with Crippen molar-refractivity contribution in [1.29, 1.82) is 0 Å². The highest BCUT2D eigenvalue weighted by atomic mass is 32.2. The van der Waals surface area contributed by atoms with Crippen molar-refractivity contribution >= 4 is 50.7 Å². The number of thiophene rings is 1. The minimum absolute atomic E-state index is 0.0239. The van der Waals surface area contributed by atoms with Crippen molar-refractivity contribution < 1.29 is 9.59 Å². The molecule has 3 rings (SSSR count). The van der Waals surface area contributed by atoms with Crippen LogP contribution in [-0.2, 0) is 11.3 Å². The third kappa shape index (κ3) is 4.12. The number of aromatic nitrogens is 2. The number of anilines is 1. The van der Waals surface area contributed by atoms with Gasteiger partial charge >= 0.3 is 0 Å². The molecule has 2 aromatic heterocycles. The van der Waals surface area contributed by atoms with Crippen molar-refractivity contribution in [1.82, 2.24) is 9.55 Å². The van der Waals surface area contributed by atoms with E-state index in [9.17, 15) is 14.4 Å². The lowest BCUT2D eigenvalue weighted by Gasteiger charge is -2.15. The Morgan fingerprint density at radius 3 is 2.59 bits per heavy atom. The lowest BCUT2D eigenvalue weighted by atomic mass is 10.1. The van der Waals surface area contributed by atoms with Crippen LogP contribution in [0.1, 0.15) is 31.1 Å². The van der Waals surface area contributed by atoms with Gasteiger partial charge in [0, 0.05) is 17.8 Å². The Labute approximate surface area is 164 Å². The maximum Gasteiger partial charge on any atom is 0.272 e. The standard InChI is InChI=1S/C19H19N3O3S2/c1-4-22-18(25)16-15(9-10-26-16)21-19(22)27-12(3)17(24)20-14-7-5-13(6-8-14)11(2)23/h5-10,12H,4H2,1-3H3,(H,20,24). The van der Waals surface area contributed by atoms with Gasteiger partial charge in [0.1, 0.15) is 4.70 Å². The summed E-state index contributed by atoms with van der Waals surface area (Å²) in [4.78, 5) is 41.0. The highest BCUT2D eigenvalue weighted by molar-refractivity contribution is 8.00. The van der Waals surface area contributed by atoms with Crippen LogP contribution in [0.3, 0.4) is 0 Å². The van der Waals surface area contributed by atoms with E-state index < -0.39 is 5.25 Å². The zero-order valence-corrected chi connectivity index (χ0v) is 16.8. The number of thioether (sulfide) groups is 1. The predicted octanol–water partition coefficient (Wildman–Crippen LogP) is 3.80. The van der Waals surface area contributed by atoms with E-state index in [1.165, 1.54) is 30.0 Å². The number of nitrogens with one attached hydrogen (secondary N) is 1. The molecule has 6 nitrogen and oxygen atoms in total. The van der Waals surface area contributed by atoms with Crippen LogP contribution < -0.4 is 10.9 Å². The van der Waals surface area contributed by atoms with Gasteiger partial charge in [-0.1, -0.05) is 11.8 Å². The van der Waals surface area contributed by atoms with Crippen LogP contribution in [0.4, 0.5) is 5.69 Å². The Bertz CT molecular complexity index is 1050. The van der Waals surface area contributed by atoms with Gasteiger partial charge in [-0.2, -0.15) is 0 Å². The SMILES string of the molecule is CCn1c(SC(C)C(=O)Nc2ccc(C(C)=O)cc2)nc2ccsc2c1=O. The Morgan fingerprint density at radius 1 is 1.26 bits per heavy atom. The molecular weight excluding hydrogens is 382 g/mol. The van der Waals surface area contributed by atoms with Crippen LogP contribution in [0.25, 0.3) is 10.2 Å². The van der Waals surface area contributed by atoms with Crippen LogP contribution in [0.15, 0.2) is 45.7 Å². The summed E-state index contributed by atoms with van der Waals surface area (Å²) in [5, 5.41) is 4.75. The Morgan fingerprint density at radius 2 is 1.96 bits per heavy atom. The van der Waals surface area contributed by atoms with E-state index in [0.717, 1.165) is 0 Å². The Hall–Kier alpha value is -2.45. The Balaban J connectivity index is 1.77. The molecule has 0 fully saturated rings. The minimum atomic E-state index is -0.446. The molecule has 0 aliphatic rings. The van der Waals surface area contributed by atoms with Gasteiger partial charge in [-0.3, -0.25) is 19.0 Å². The molecule has 2 heterocycles. The predicted molar refractivity (Wildman–Crippen MR) is 110 cm³/mol. The molecule has 1 atom stereocenters. The van der Waals surface area contributed by atoms with E-state index in [-0.39, 0.29) is 17.2 Å². The van der Waals surface area contributed by atoms with Crippen molar-refractivity contribution in [3.8, 4) is 0 Å². The maximum atomic E-state index is 12.6. The van der Waals surface area contributed by atoms with Gasteiger partial charge in [0.25, 0.3) is 5.56 Å². The number of nitrogens with zero attached hydrogens (tertiary/aromatic N) is 2. The summed E-state index contributed by atoms with van der Waals surface area (Å²) in [5.41, 5.74) is 1.79. The zero-order valence-electron chi connectivity index (χ0n) is 15.2. The number of carbonyl (C=O) groups excluding carboxylic acids is 2. The molecule has 1 aromatic carbocycles. The molecule has 0 saturated carbocycles. The summed E-state index contributed by atoms with van der Waals surface area (Å²) in [7, 11) is 0. The number of amides is 1. The summed E-state index contributed by atoms with van der Waals surface area (Å²) in [6.45, 7) is 5.64. The van der Waals surface area contributed by atoms with Crippen molar-refractivity contribution in [3.05, 3.63) is 51.6 Å². The summed E-state index contributed by atoms with van der Waals surface area (Å²) >= 11 is 2.63. The molecule has 1 amide bonds. The van der Waals surface area contributed by atoms with Gasteiger partial charge in [-0.05, 0) is 56.5 Å². The molecule has 0 bridgehead atoms. The van der Waals surface area contributed by atoms with Crippen LogP contribution >= 0.6 is 23.1 Å². The normalized spacial score (nSPS) is 12.1. The number of Topliss-reactive ketones (excluding diaryl/α,β-unsaturated/α-hetero) is 1. The molecule has 1 unspecified atom stereocenters. The van der Waals surface area contributed by atoms with Gasteiger partial charge < -0.3 is 5.32 Å². The summed E-state index contributed by atoms with van der Waals surface area (Å²) < 4.78 is 2.22. The molecule has 1 N–H and O–H groups in total. The quantitative estimate of drug-likeness (QED) is 0.386. The van der Waals surface area contributed by atoms with Crippen LogP contribution in [0, 0.1) is 0 Å². The first-order valence-corrected chi connectivity index (χ1v) is 10.2. The van der Waals surface area contributed by atoms with Gasteiger partial charge in [0.2, 0.25) is 5.91 Å². The van der Waals surface area contributed by atoms with E-state index in [1.54, 1.807) is 35.8 Å². The topological polar surface area (TPSA) is 81.1 Å². The van der Waals surface area contributed by atoms with E-state index in [1.807, 2.05) is 18.4 Å². The molecule has 8 heteroatoms. The van der Waals surface area contributed by atoms with E-state index in [0.29, 0.717) is 33.2 Å². The van der Waals surface area contributed by atoms with E-state index >= 15 is 0 Å². The number of fused-ring (bicyclic) bond motifs is 1. The molecule has 140 valence electrons. The van der Waals surface area contributed by atoms with Crippen LogP contribution in [0.5, 0.6) is 0 Å². The number of hydrogen-bond acceptors (Lipinski definition) is 6. The van der Waals surface area contributed by atoms with Gasteiger partial charge in [-0.25, -0.2) is 4.98 Å². The van der Waals surface area contributed by atoms with Crippen LogP contribution in [0.2, 0.25) is 0 Å². The number of carbonyl (C=O) groups is 2. The fraction of sp³-hybridized carbons (Fsp3) is 0.263. The van der Waals surface area contributed by atoms with E-state index in [2.05, 4.69) is 10.3 Å². The first kappa shape index (κ1) is 19.3. The fourth-order valence-electron chi connectivity index (χ4n) is 2.54. The van der Waals surface area contributed by atoms with Gasteiger partial charge in [-0.15, -0.1) is 11.3 Å². The first-order valence-electron chi connectivity index (χ1n) is 8.47. The molecule has 3 aromatic rings. The van der Waals surface area contributed by atoms with Crippen molar-refractivity contribution in [2.24, 2.45) is 0 Å². The number of ketones is 1. The second-order valence-corrected chi connectivity index (χ2v) is 8.19. The number of rotatable bonds is 6. The lowest BCUT2D eigenvalue weighted by Crippen LogP contribution is -2.26. The monoisotopic (exact) mass is 401 g/mol. The molecule has 0 saturated heterocycles. The lowest BCUT2D eigenvalue weighted by molar-refractivity contribution is -0.115. The van der Waals surface area contributed by atoms with Crippen molar-refractivity contribution in [2.45, 2.75) is 37.7 Å². The smallest absolute Gasteiger partial charge is 0.272 e. The van der Waals surface area contributed by atoms with Gasteiger partial charge in [0.05, 0.1) is 10.8 Å². The zero-order chi connectivity index (χ0) is 19.6. The average Bonchev–Trinajstić information content (AvgIpc) is 3.11. The molecule has 0 aliphatic heterocycles. The van der Waals surface area contributed by atoms with Crippen molar-refractivity contribution in [2.75, 3.05) is 5.32 Å². The summed E-state index contributed by atoms with van der Waals surface area (Å²) in [6, 6.07) is 8.56. The average molecular weight is 402 g/mol. The first-order chi connectivity index (χ1) is 12.9. The highest BCUT2D eigenvalue weighted by Crippen LogP contribution is 2.25. The number of hydrogen-bond donors (Lipinski definition) is 1. The fourth-order valence-corrected chi connectivity index (χ4v) is 4.29. The molecule has 0 spiro atoms. The Kier molecular flexibility index (Phi) is 5.76. The molecule has 0 aliphatic carbocycles. The largest absolute Gasteiger partial charge is 0.325 e. The second-order valence-electron chi connectivity index (χ2n) is 5.96. The van der Waals surface area contributed by atoms with Crippen molar-refractivity contribution in [3.63, 3.8) is 0 Å². The molecule has 0 radical (unpaired) electrons. The van der Waals surface area contributed by atoms with E-state index in [4.69, 9.17) is 0 Å². The summed E-state index contributed by atoms with van der Waals surface area (Å²) in [6.07, 6.45) is 0.